The van der Waals surface area contributed by atoms with Gasteiger partial charge < -0.3 is 20.1 Å². The van der Waals surface area contributed by atoms with E-state index in [1.54, 1.807) is 0 Å². The molecule has 0 aromatic heterocycles. The van der Waals surface area contributed by atoms with Gasteiger partial charge in [-0.25, -0.2) is 0 Å². The highest BCUT2D eigenvalue weighted by atomic mass is 16.7. The standard InChI is InChI=1S/C12H24N2O3/c1-3-16-12(17-4-2)9-13-8-7-11(15)14-10-5-6-10/h10,12-13H,3-9H2,1-2H3,(H,14,15). The van der Waals surface area contributed by atoms with E-state index in [9.17, 15) is 4.79 Å². The van der Waals surface area contributed by atoms with Crippen LogP contribution < -0.4 is 10.6 Å². The summed E-state index contributed by atoms with van der Waals surface area (Å²) < 4.78 is 10.8. The normalized spacial score (nSPS) is 15.2. The summed E-state index contributed by atoms with van der Waals surface area (Å²) in [5.41, 5.74) is 0. The Balaban J connectivity index is 1.98. The fourth-order valence-electron chi connectivity index (χ4n) is 1.49. The molecule has 0 unspecified atom stereocenters. The highest BCUT2D eigenvalue weighted by Gasteiger charge is 2.22. The van der Waals surface area contributed by atoms with Crippen LogP contribution in [0, 0.1) is 0 Å². The smallest absolute Gasteiger partial charge is 0.221 e. The minimum Gasteiger partial charge on any atom is -0.353 e. The summed E-state index contributed by atoms with van der Waals surface area (Å²) in [5, 5.41) is 6.12. The highest BCUT2D eigenvalue weighted by Crippen LogP contribution is 2.18. The lowest BCUT2D eigenvalue weighted by Gasteiger charge is -2.17. The lowest BCUT2D eigenvalue weighted by atomic mass is 10.4. The maximum absolute atomic E-state index is 11.4. The van der Waals surface area contributed by atoms with Crippen molar-refractivity contribution in [2.45, 2.75) is 45.4 Å². The second-order valence-electron chi connectivity index (χ2n) is 4.14. The molecule has 5 heteroatoms. The number of hydrogen-bond donors (Lipinski definition) is 2. The van der Waals surface area contributed by atoms with E-state index in [1.807, 2.05) is 13.8 Å². The molecule has 0 aliphatic heterocycles. The Morgan fingerprint density at radius 1 is 1.29 bits per heavy atom. The fraction of sp³-hybridized carbons (Fsp3) is 0.917. The van der Waals surface area contributed by atoms with Gasteiger partial charge in [-0.1, -0.05) is 0 Å². The van der Waals surface area contributed by atoms with Crippen LogP contribution in [0.3, 0.4) is 0 Å². The fourth-order valence-corrected chi connectivity index (χ4v) is 1.49. The van der Waals surface area contributed by atoms with E-state index in [1.165, 1.54) is 0 Å². The van der Waals surface area contributed by atoms with Crippen LogP contribution in [0.2, 0.25) is 0 Å². The number of rotatable bonds is 10. The van der Waals surface area contributed by atoms with Gasteiger partial charge in [0.05, 0.1) is 0 Å². The van der Waals surface area contributed by atoms with E-state index >= 15 is 0 Å². The zero-order chi connectivity index (χ0) is 12.5. The van der Waals surface area contributed by atoms with Gasteiger partial charge >= 0.3 is 0 Å². The zero-order valence-corrected chi connectivity index (χ0v) is 10.8. The molecule has 1 aliphatic carbocycles. The van der Waals surface area contributed by atoms with Crippen molar-refractivity contribution in [2.75, 3.05) is 26.3 Å². The van der Waals surface area contributed by atoms with Crippen molar-refractivity contribution in [3.05, 3.63) is 0 Å². The molecule has 0 atom stereocenters. The molecule has 0 saturated heterocycles. The molecule has 2 N–H and O–H groups in total. The minimum absolute atomic E-state index is 0.129. The molecule has 0 aromatic rings. The molecule has 1 aliphatic rings. The Labute approximate surface area is 103 Å². The first-order chi connectivity index (χ1) is 8.26. The average Bonchev–Trinajstić information content (AvgIpc) is 3.09. The topological polar surface area (TPSA) is 59.6 Å². The van der Waals surface area contributed by atoms with Crippen molar-refractivity contribution in [2.24, 2.45) is 0 Å². The van der Waals surface area contributed by atoms with Gasteiger partial charge in [0.25, 0.3) is 0 Å². The molecule has 1 amide bonds. The van der Waals surface area contributed by atoms with Crippen LogP contribution >= 0.6 is 0 Å². The summed E-state index contributed by atoms with van der Waals surface area (Å²) in [6.45, 7) is 6.43. The van der Waals surface area contributed by atoms with E-state index in [4.69, 9.17) is 9.47 Å². The Bertz CT molecular complexity index is 214. The Morgan fingerprint density at radius 3 is 2.47 bits per heavy atom. The molecule has 0 heterocycles. The quantitative estimate of drug-likeness (QED) is 0.437. The van der Waals surface area contributed by atoms with E-state index in [0.717, 1.165) is 12.8 Å². The third-order valence-corrected chi connectivity index (χ3v) is 2.49. The van der Waals surface area contributed by atoms with Gasteiger partial charge in [0.1, 0.15) is 0 Å². The number of carbonyl (C=O) groups excluding carboxylic acids is 1. The van der Waals surface area contributed by atoms with Gasteiger partial charge in [0, 0.05) is 38.8 Å². The van der Waals surface area contributed by atoms with Crippen LogP contribution in [0.4, 0.5) is 0 Å². The predicted octanol–water partition coefficient (Wildman–Crippen LogP) is 0.644. The Hall–Kier alpha value is -0.650. The lowest BCUT2D eigenvalue weighted by Crippen LogP contribution is -2.34. The largest absolute Gasteiger partial charge is 0.353 e. The van der Waals surface area contributed by atoms with Crippen LogP contribution in [0.1, 0.15) is 33.1 Å². The van der Waals surface area contributed by atoms with Gasteiger partial charge in [-0.2, -0.15) is 0 Å². The second-order valence-corrected chi connectivity index (χ2v) is 4.14. The monoisotopic (exact) mass is 244 g/mol. The van der Waals surface area contributed by atoms with Crippen LogP contribution in [-0.2, 0) is 14.3 Å². The van der Waals surface area contributed by atoms with Crippen molar-refractivity contribution < 1.29 is 14.3 Å². The molecule has 5 nitrogen and oxygen atoms in total. The van der Waals surface area contributed by atoms with Crippen molar-refractivity contribution >= 4 is 5.91 Å². The third-order valence-electron chi connectivity index (χ3n) is 2.49. The van der Waals surface area contributed by atoms with Gasteiger partial charge in [0.15, 0.2) is 6.29 Å². The molecule has 0 spiro atoms. The van der Waals surface area contributed by atoms with Crippen molar-refractivity contribution in [3.63, 3.8) is 0 Å². The van der Waals surface area contributed by atoms with Crippen LogP contribution in [0.25, 0.3) is 0 Å². The van der Waals surface area contributed by atoms with E-state index in [2.05, 4.69) is 10.6 Å². The van der Waals surface area contributed by atoms with E-state index < -0.39 is 0 Å². The molecule has 17 heavy (non-hydrogen) atoms. The first kappa shape index (κ1) is 14.4. The summed E-state index contributed by atoms with van der Waals surface area (Å²) in [6.07, 6.45) is 2.57. The average molecular weight is 244 g/mol. The molecule has 0 aromatic carbocycles. The zero-order valence-electron chi connectivity index (χ0n) is 10.8. The van der Waals surface area contributed by atoms with Crippen molar-refractivity contribution in [3.8, 4) is 0 Å². The predicted molar refractivity (Wildman–Crippen MR) is 65.7 cm³/mol. The SMILES string of the molecule is CCOC(CNCCC(=O)NC1CC1)OCC. The second kappa shape index (κ2) is 8.44. The third kappa shape index (κ3) is 7.31. The molecule has 0 radical (unpaired) electrons. The molecule has 100 valence electrons. The minimum atomic E-state index is -0.212. The maximum atomic E-state index is 11.4. The van der Waals surface area contributed by atoms with Crippen LogP contribution in [0.5, 0.6) is 0 Å². The summed E-state index contributed by atoms with van der Waals surface area (Å²) in [5.74, 6) is 0.129. The number of ether oxygens (including phenoxy) is 2. The van der Waals surface area contributed by atoms with E-state index in [0.29, 0.717) is 38.8 Å². The molecule has 1 saturated carbocycles. The lowest BCUT2D eigenvalue weighted by molar-refractivity contribution is -0.133. The highest BCUT2D eigenvalue weighted by molar-refractivity contribution is 5.76. The first-order valence-corrected chi connectivity index (χ1v) is 6.49. The van der Waals surface area contributed by atoms with E-state index in [-0.39, 0.29) is 12.2 Å². The molecule has 1 fully saturated rings. The number of amides is 1. The van der Waals surface area contributed by atoms with Gasteiger partial charge in [-0.15, -0.1) is 0 Å². The van der Waals surface area contributed by atoms with Crippen LogP contribution in [0.15, 0.2) is 0 Å². The summed E-state index contributed by atoms with van der Waals surface area (Å²) in [7, 11) is 0. The number of carbonyl (C=O) groups is 1. The van der Waals surface area contributed by atoms with Gasteiger partial charge in [-0.05, 0) is 26.7 Å². The van der Waals surface area contributed by atoms with Crippen LogP contribution in [-0.4, -0.2) is 44.5 Å². The molecule has 1 rings (SSSR count). The first-order valence-electron chi connectivity index (χ1n) is 6.49. The Morgan fingerprint density at radius 2 is 1.94 bits per heavy atom. The number of nitrogens with one attached hydrogen (secondary N) is 2. The molecular formula is C12H24N2O3. The molecular weight excluding hydrogens is 220 g/mol. The summed E-state index contributed by atoms with van der Waals surface area (Å²) in [4.78, 5) is 11.4. The molecule has 0 bridgehead atoms. The summed E-state index contributed by atoms with van der Waals surface area (Å²) >= 11 is 0. The summed E-state index contributed by atoms with van der Waals surface area (Å²) in [6, 6.07) is 0.446. The van der Waals surface area contributed by atoms with Crippen molar-refractivity contribution in [1.29, 1.82) is 0 Å². The van der Waals surface area contributed by atoms with Gasteiger partial charge in [-0.3, -0.25) is 4.79 Å². The maximum Gasteiger partial charge on any atom is 0.221 e. The Kier molecular flexibility index (Phi) is 7.16. The number of hydrogen-bond acceptors (Lipinski definition) is 4. The van der Waals surface area contributed by atoms with Crippen molar-refractivity contribution in [1.82, 2.24) is 10.6 Å². The van der Waals surface area contributed by atoms with Gasteiger partial charge in [0.2, 0.25) is 5.91 Å².